The number of aromatic nitrogens is 1. The maximum absolute atomic E-state index is 11.5. The molecule has 0 unspecified atom stereocenters. The van der Waals surface area contributed by atoms with Gasteiger partial charge in [0.05, 0.1) is 5.69 Å². The van der Waals surface area contributed by atoms with Crippen LogP contribution >= 0.6 is 11.3 Å². The van der Waals surface area contributed by atoms with Gasteiger partial charge in [-0.3, -0.25) is 10.1 Å². The molecule has 1 heterocycles. The molecular formula is C10H16N4O2S. The van der Waals surface area contributed by atoms with E-state index in [2.05, 4.69) is 15.6 Å². The van der Waals surface area contributed by atoms with E-state index in [9.17, 15) is 9.59 Å². The standard InChI is InChI=1S/C10H16N4O2S/c1-5(4-8(11)15)12-9(16)14-10-13-6(2)7(3)17-10/h5H,4H2,1-3H3,(H2,11,15)(H2,12,13,14,16)/t5-/m1/s1. The molecule has 0 aromatic carbocycles. The summed E-state index contributed by atoms with van der Waals surface area (Å²) in [5, 5.41) is 5.76. The maximum Gasteiger partial charge on any atom is 0.321 e. The Morgan fingerprint density at radius 2 is 2.12 bits per heavy atom. The number of thiazole rings is 1. The number of amides is 3. The van der Waals surface area contributed by atoms with Crippen LogP contribution in [0.15, 0.2) is 0 Å². The predicted octanol–water partition coefficient (Wildman–Crippen LogP) is 1.15. The van der Waals surface area contributed by atoms with Gasteiger partial charge in [-0.15, -0.1) is 11.3 Å². The number of nitrogens with one attached hydrogen (secondary N) is 2. The predicted molar refractivity (Wildman–Crippen MR) is 67.0 cm³/mol. The molecule has 0 aliphatic rings. The molecular weight excluding hydrogens is 240 g/mol. The van der Waals surface area contributed by atoms with Gasteiger partial charge >= 0.3 is 6.03 Å². The summed E-state index contributed by atoms with van der Waals surface area (Å²) in [6.45, 7) is 5.53. The first-order valence-corrected chi connectivity index (χ1v) is 6.00. The van der Waals surface area contributed by atoms with E-state index < -0.39 is 5.91 Å². The first-order chi connectivity index (χ1) is 7.88. The average molecular weight is 256 g/mol. The SMILES string of the molecule is Cc1nc(NC(=O)N[C@H](C)CC(N)=O)sc1C. The van der Waals surface area contributed by atoms with E-state index in [-0.39, 0.29) is 18.5 Å². The Balaban J connectivity index is 2.47. The molecule has 0 aliphatic heterocycles. The summed E-state index contributed by atoms with van der Waals surface area (Å²) in [7, 11) is 0. The van der Waals surface area contributed by atoms with Crippen molar-refractivity contribution in [3.05, 3.63) is 10.6 Å². The molecule has 0 spiro atoms. The quantitative estimate of drug-likeness (QED) is 0.753. The molecule has 94 valence electrons. The lowest BCUT2D eigenvalue weighted by atomic mass is 10.2. The number of anilines is 1. The van der Waals surface area contributed by atoms with Gasteiger partial charge in [0.25, 0.3) is 0 Å². The van der Waals surface area contributed by atoms with Gasteiger partial charge < -0.3 is 11.1 Å². The fourth-order valence-corrected chi connectivity index (χ4v) is 2.05. The third-order valence-electron chi connectivity index (χ3n) is 2.13. The molecule has 0 saturated carbocycles. The molecule has 7 heteroatoms. The lowest BCUT2D eigenvalue weighted by Crippen LogP contribution is -2.38. The second kappa shape index (κ2) is 5.62. The zero-order valence-corrected chi connectivity index (χ0v) is 10.9. The van der Waals surface area contributed by atoms with E-state index in [4.69, 9.17) is 5.73 Å². The molecule has 6 nitrogen and oxygen atoms in total. The number of carbonyl (C=O) groups is 2. The van der Waals surface area contributed by atoms with Gasteiger partial charge in [-0.05, 0) is 20.8 Å². The van der Waals surface area contributed by atoms with E-state index in [0.717, 1.165) is 10.6 Å². The Labute approximate surface area is 104 Å². The smallest absolute Gasteiger partial charge is 0.321 e. The first-order valence-electron chi connectivity index (χ1n) is 5.18. The highest BCUT2D eigenvalue weighted by Crippen LogP contribution is 2.20. The van der Waals surface area contributed by atoms with Gasteiger partial charge in [-0.1, -0.05) is 0 Å². The van der Waals surface area contributed by atoms with Gasteiger partial charge in [0.1, 0.15) is 0 Å². The van der Waals surface area contributed by atoms with Crippen LogP contribution in [0.1, 0.15) is 23.9 Å². The van der Waals surface area contributed by atoms with E-state index in [1.165, 1.54) is 11.3 Å². The fraction of sp³-hybridized carbons (Fsp3) is 0.500. The zero-order valence-electron chi connectivity index (χ0n) is 10.0. The normalized spacial score (nSPS) is 11.9. The lowest BCUT2D eigenvalue weighted by molar-refractivity contribution is -0.118. The minimum Gasteiger partial charge on any atom is -0.370 e. The molecule has 1 rings (SSSR count). The second-order valence-electron chi connectivity index (χ2n) is 3.83. The highest BCUT2D eigenvalue weighted by atomic mass is 32.1. The highest BCUT2D eigenvalue weighted by Gasteiger charge is 2.11. The number of nitrogens with zero attached hydrogens (tertiary/aromatic N) is 1. The largest absolute Gasteiger partial charge is 0.370 e. The summed E-state index contributed by atoms with van der Waals surface area (Å²) in [5.41, 5.74) is 5.92. The molecule has 0 aliphatic carbocycles. The number of rotatable bonds is 4. The topological polar surface area (TPSA) is 97.1 Å². The van der Waals surface area contributed by atoms with Crippen LogP contribution in [0.5, 0.6) is 0 Å². The van der Waals surface area contributed by atoms with Crippen molar-refractivity contribution in [3.63, 3.8) is 0 Å². The van der Waals surface area contributed by atoms with Crippen molar-refractivity contribution < 1.29 is 9.59 Å². The number of primary amides is 1. The van der Waals surface area contributed by atoms with Crippen molar-refractivity contribution >= 4 is 28.4 Å². The van der Waals surface area contributed by atoms with Crippen LogP contribution in [0.25, 0.3) is 0 Å². The summed E-state index contributed by atoms with van der Waals surface area (Å²) < 4.78 is 0. The molecule has 4 N–H and O–H groups in total. The minimum atomic E-state index is -0.446. The van der Waals surface area contributed by atoms with Crippen LogP contribution in [0.2, 0.25) is 0 Å². The number of urea groups is 1. The Kier molecular flexibility index (Phi) is 4.45. The molecule has 0 saturated heterocycles. The zero-order chi connectivity index (χ0) is 13.0. The van der Waals surface area contributed by atoms with Crippen molar-refractivity contribution in [3.8, 4) is 0 Å². The number of hydrogen-bond donors (Lipinski definition) is 3. The van der Waals surface area contributed by atoms with Gasteiger partial charge in [-0.25, -0.2) is 9.78 Å². The molecule has 0 bridgehead atoms. The molecule has 0 radical (unpaired) electrons. The summed E-state index contributed by atoms with van der Waals surface area (Å²) in [6.07, 6.45) is 0.114. The Bertz CT molecular complexity index is 410. The van der Waals surface area contributed by atoms with Crippen LogP contribution < -0.4 is 16.4 Å². The maximum atomic E-state index is 11.5. The van der Waals surface area contributed by atoms with Crippen LogP contribution in [-0.4, -0.2) is 23.0 Å². The number of nitrogens with two attached hydrogens (primary N) is 1. The van der Waals surface area contributed by atoms with Crippen molar-refractivity contribution in [2.45, 2.75) is 33.2 Å². The van der Waals surface area contributed by atoms with Crippen LogP contribution in [0, 0.1) is 13.8 Å². The molecule has 1 atom stereocenters. The number of hydrogen-bond acceptors (Lipinski definition) is 4. The van der Waals surface area contributed by atoms with Crippen molar-refractivity contribution in [1.82, 2.24) is 10.3 Å². The molecule has 17 heavy (non-hydrogen) atoms. The Morgan fingerprint density at radius 1 is 1.47 bits per heavy atom. The van der Waals surface area contributed by atoms with Gasteiger partial charge in [0, 0.05) is 17.3 Å². The van der Waals surface area contributed by atoms with Crippen LogP contribution in [-0.2, 0) is 4.79 Å². The van der Waals surface area contributed by atoms with Crippen LogP contribution in [0.4, 0.5) is 9.93 Å². The van der Waals surface area contributed by atoms with E-state index in [1.54, 1.807) is 6.92 Å². The van der Waals surface area contributed by atoms with E-state index in [0.29, 0.717) is 5.13 Å². The highest BCUT2D eigenvalue weighted by molar-refractivity contribution is 7.15. The van der Waals surface area contributed by atoms with Crippen molar-refractivity contribution in [2.24, 2.45) is 5.73 Å². The van der Waals surface area contributed by atoms with Crippen LogP contribution in [0.3, 0.4) is 0 Å². The van der Waals surface area contributed by atoms with E-state index in [1.807, 2.05) is 13.8 Å². The first kappa shape index (κ1) is 13.4. The second-order valence-corrected chi connectivity index (χ2v) is 5.03. The monoisotopic (exact) mass is 256 g/mol. The van der Waals surface area contributed by atoms with Crippen molar-refractivity contribution in [2.75, 3.05) is 5.32 Å². The minimum absolute atomic E-state index is 0.114. The van der Waals surface area contributed by atoms with Gasteiger partial charge in [-0.2, -0.15) is 0 Å². The van der Waals surface area contributed by atoms with E-state index >= 15 is 0 Å². The number of aryl methyl sites for hydroxylation is 2. The molecule has 3 amide bonds. The fourth-order valence-electron chi connectivity index (χ4n) is 1.24. The summed E-state index contributed by atoms with van der Waals surface area (Å²) in [5.74, 6) is -0.446. The lowest BCUT2D eigenvalue weighted by Gasteiger charge is -2.11. The van der Waals surface area contributed by atoms with Gasteiger partial charge in [0.2, 0.25) is 5.91 Å². The van der Waals surface area contributed by atoms with Gasteiger partial charge in [0.15, 0.2) is 5.13 Å². The summed E-state index contributed by atoms with van der Waals surface area (Å²) in [6, 6.07) is -0.679. The third-order valence-corrected chi connectivity index (χ3v) is 3.12. The third kappa shape index (κ3) is 4.39. The Morgan fingerprint density at radius 3 is 2.59 bits per heavy atom. The molecule has 1 aromatic heterocycles. The summed E-state index contributed by atoms with van der Waals surface area (Å²) in [4.78, 5) is 27.4. The Hall–Kier alpha value is -1.63. The van der Waals surface area contributed by atoms with Crippen molar-refractivity contribution in [1.29, 1.82) is 0 Å². The number of carbonyl (C=O) groups excluding carboxylic acids is 2. The average Bonchev–Trinajstić information content (AvgIpc) is 2.43. The molecule has 0 fully saturated rings. The summed E-state index contributed by atoms with van der Waals surface area (Å²) >= 11 is 1.41. The molecule has 1 aromatic rings.